The molecule has 2 aromatic rings. The number of primary sulfonamides is 1. The molecule has 0 aliphatic heterocycles. The van der Waals surface area contributed by atoms with Gasteiger partial charge in [-0.2, -0.15) is 0 Å². The SMILES string of the molecule is CC(C)C(=O)Nc1ccc(C(=O)Nc2ccc(S(N)(=O)=O)cc2)cc1. The number of sulfonamides is 1. The van der Waals surface area contributed by atoms with Crippen molar-refractivity contribution in [1.29, 1.82) is 0 Å². The van der Waals surface area contributed by atoms with Gasteiger partial charge in [0.25, 0.3) is 5.91 Å². The molecule has 0 aliphatic carbocycles. The first kappa shape index (κ1) is 18.6. The number of hydrogen-bond donors (Lipinski definition) is 3. The zero-order valence-corrected chi connectivity index (χ0v) is 14.6. The van der Waals surface area contributed by atoms with E-state index in [-0.39, 0.29) is 22.6 Å². The summed E-state index contributed by atoms with van der Waals surface area (Å²) < 4.78 is 22.4. The Balaban J connectivity index is 2.04. The van der Waals surface area contributed by atoms with E-state index in [0.29, 0.717) is 16.9 Å². The standard InChI is InChI=1S/C17H19N3O4S/c1-11(2)16(21)19-13-5-3-12(4-6-13)17(22)20-14-7-9-15(10-8-14)25(18,23)24/h3-11H,1-2H3,(H,19,21)(H,20,22)(H2,18,23,24). The fraction of sp³-hybridized carbons (Fsp3) is 0.176. The summed E-state index contributed by atoms with van der Waals surface area (Å²) in [5.74, 6) is -0.597. The maximum absolute atomic E-state index is 12.2. The second-order valence-electron chi connectivity index (χ2n) is 5.74. The largest absolute Gasteiger partial charge is 0.326 e. The van der Waals surface area contributed by atoms with Crippen LogP contribution in [0.4, 0.5) is 11.4 Å². The minimum atomic E-state index is -3.77. The van der Waals surface area contributed by atoms with E-state index >= 15 is 0 Å². The van der Waals surface area contributed by atoms with Gasteiger partial charge in [0.15, 0.2) is 0 Å². The highest BCUT2D eigenvalue weighted by Crippen LogP contribution is 2.15. The minimum Gasteiger partial charge on any atom is -0.326 e. The number of carbonyl (C=O) groups excluding carboxylic acids is 2. The van der Waals surface area contributed by atoms with Gasteiger partial charge in [0.2, 0.25) is 15.9 Å². The van der Waals surface area contributed by atoms with Crippen LogP contribution < -0.4 is 15.8 Å². The van der Waals surface area contributed by atoms with E-state index in [9.17, 15) is 18.0 Å². The molecule has 4 N–H and O–H groups in total. The third-order valence-corrected chi connectivity index (χ3v) is 4.31. The average Bonchev–Trinajstić information content (AvgIpc) is 2.55. The lowest BCUT2D eigenvalue weighted by atomic mass is 10.1. The molecule has 0 fully saturated rings. The molecule has 132 valence electrons. The highest BCUT2D eigenvalue weighted by molar-refractivity contribution is 7.89. The maximum Gasteiger partial charge on any atom is 0.255 e. The van der Waals surface area contributed by atoms with Crippen molar-refractivity contribution in [2.24, 2.45) is 11.1 Å². The lowest BCUT2D eigenvalue weighted by Gasteiger charge is -2.09. The van der Waals surface area contributed by atoms with Gasteiger partial charge in [-0.3, -0.25) is 9.59 Å². The minimum absolute atomic E-state index is 0.0317. The van der Waals surface area contributed by atoms with E-state index in [4.69, 9.17) is 5.14 Å². The van der Waals surface area contributed by atoms with Gasteiger partial charge in [-0.15, -0.1) is 0 Å². The number of hydrogen-bond acceptors (Lipinski definition) is 4. The van der Waals surface area contributed by atoms with Crippen LogP contribution in [0.5, 0.6) is 0 Å². The van der Waals surface area contributed by atoms with Crippen LogP contribution in [0.1, 0.15) is 24.2 Å². The van der Waals surface area contributed by atoms with Crippen LogP contribution in [0.25, 0.3) is 0 Å². The summed E-state index contributed by atoms with van der Waals surface area (Å²) in [6.45, 7) is 3.58. The molecule has 0 unspecified atom stereocenters. The summed E-state index contributed by atoms with van der Waals surface area (Å²) in [5.41, 5.74) is 1.44. The number of carbonyl (C=O) groups is 2. The maximum atomic E-state index is 12.2. The Morgan fingerprint density at radius 2 is 1.36 bits per heavy atom. The molecule has 8 heteroatoms. The predicted octanol–water partition coefficient (Wildman–Crippen LogP) is 2.18. The van der Waals surface area contributed by atoms with Crippen molar-refractivity contribution in [3.8, 4) is 0 Å². The molecule has 2 rings (SSSR count). The van der Waals surface area contributed by atoms with E-state index < -0.39 is 10.0 Å². The van der Waals surface area contributed by atoms with Crippen molar-refractivity contribution in [3.05, 3.63) is 54.1 Å². The molecular formula is C17H19N3O4S. The first-order valence-corrected chi connectivity index (χ1v) is 9.06. The van der Waals surface area contributed by atoms with Gasteiger partial charge in [0.1, 0.15) is 0 Å². The summed E-state index contributed by atoms with van der Waals surface area (Å²) in [5, 5.41) is 10.4. The van der Waals surface area contributed by atoms with Gasteiger partial charge >= 0.3 is 0 Å². The Labute approximate surface area is 146 Å². The lowest BCUT2D eigenvalue weighted by Crippen LogP contribution is -2.18. The second-order valence-corrected chi connectivity index (χ2v) is 7.31. The number of amides is 2. The van der Waals surface area contributed by atoms with Gasteiger partial charge in [-0.1, -0.05) is 13.8 Å². The molecule has 2 amide bonds. The zero-order chi connectivity index (χ0) is 18.6. The quantitative estimate of drug-likeness (QED) is 0.756. The molecule has 2 aromatic carbocycles. The van der Waals surface area contributed by atoms with Crippen molar-refractivity contribution in [2.45, 2.75) is 18.7 Å². The van der Waals surface area contributed by atoms with Gasteiger partial charge in [0, 0.05) is 22.9 Å². The molecule has 25 heavy (non-hydrogen) atoms. The number of nitrogens with one attached hydrogen (secondary N) is 2. The molecule has 0 saturated carbocycles. The first-order chi connectivity index (χ1) is 11.7. The number of nitrogens with two attached hydrogens (primary N) is 1. The Hall–Kier alpha value is -2.71. The molecule has 0 atom stereocenters. The van der Waals surface area contributed by atoms with Crippen LogP contribution in [-0.2, 0) is 14.8 Å². The smallest absolute Gasteiger partial charge is 0.255 e. The van der Waals surface area contributed by atoms with Crippen LogP contribution in [-0.4, -0.2) is 20.2 Å². The number of rotatable bonds is 5. The number of anilines is 2. The monoisotopic (exact) mass is 361 g/mol. The van der Waals surface area contributed by atoms with E-state index in [1.165, 1.54) is 24.3 Å². The normalized spacial score (nSPS) is 11.2. The van der Waals surface area contributed by atoms with Gasteiger partial charge in [-0.25, -0.2) is 13.6 Å². The van der Waals surface area contributed by atoms with Gasteiger partial charge in [0.05, 0.1) is 4.90 Å². The third kappa shape index (κ3) is 5.13. The predicted molar refractivity (Wildman–Crippen MR) is 95.7 cm³/mol. The third-order valence-electron chi connectivity index (χ3n) is 3.38. The first-order valence-electron chi connectivity index (χ1n) is 7.52. The topological polar surface area (TPSA) is 118 Å². The van der Waals surface area contributed by atoms with Crippen molar-refractivity contribution >= 4 is 33.2 Å². The van der Waals surface area contributed by atoms with Crippen molar-refractivity contribution in [3.63, 3.8) is 0 Å². The molecule has 7 nitrogen and oxygen atoms in total. The zero-order valence-electron chi connectivity index (χ0n) is 13.8. The summed E-state index contributed by atoms with van der Waals surface area (Å²) in [4.78, 5) is 23.8. The van der Waals surface area contributed by atoms with Crippen LogP contribution in [0.3, 0.4) is 0 Å². The highest BCUT2D eigenvalue weighted by Gasteiger charge is 2.10. The summed E-state index contributed by atoms with van der Waals surface area (Å²) in [6, 6.07) is 12.0. The summed E-state index contributed by atoms with van der Waals surface area (Å²) in [7, 11) is -3.77. The van der Waals surface area contributed by atoms with Gasteiger partial charge < -0.3 is 10.6 Å². The van der Waals surface area contributed by atoms with E-state index in [1.807, 2.05) is 0 Å². The summed E-state index contributed by atoms with van der Waals surface area (Å²) >= 11 is 0. The van der Waals surface area contributed by atoms with E-state index in [1.54, 1.807) is 38.1 Å². The second kappa shape index (κ2) is 7.45. The molecule has 0 radical (unpaired) electrons. The van der Waals surface area contributed by atoms with E-state index in [2.05, 4.69) is 10.6 Å². The van der Waals surface area contributed by atoms with Gasteiger partial charge in [-0.05, 0) is 48.5 Å². The molecule has 0 heterocycles. The van der Waals surface area contributed by atoms with E-state index in [0.717, 1.165) is 0 Å². The Morgan fingerprint density at radius 1 is 0.880 bits per heavy atom. The highest BCUT2D eigenvalue weighted by atomic mass is 32.2. The molecule has 0 saturated heterocycles. The Bertz CT molecular complexity index is 873. The van der Waals surface area contributed by atoms with Crippen molar-refractivity contribution < 1.29 is 18.0 Å². The fourth-order valence-corrected chi connectivity index (χ4v) is 2.44. The van der Waals surface area contributed by atoms with Crippen LogP contribution in [0.15, 0.2) is 53.4 Å². The lowest BCUT2D eigenvalue weighted by molar-refractivity contribution is -0.118. The molecular weight excluding hydrogens is 342 g/mol. The van der Waals surface area contributed by atoms with Crippen LogP contribution >= 0.6 is 0 Å². The molecule has 0 spiro atoms. The van der Waals surface area contributed by atoms with Crippen LogP contribution in [0, 0.1) is 5.92 Å². The van der Waals surface area contributed by atoms with Crippen LogP contribution in [0.2, 0.25) is 0 Å². The molecule has 0 aromatic heterocycles. The Morgan fingerprint density at radius 3 is 1.84 bits per heavy atom. The average molecular weight is 361 g/mol. The summed E-state index contributed by atoms with van der Waals surface area (Å²) in [6.07, 6.45) is 0. The fourth-order valence-electron chi connectivity index (χ4n) is 1.92. The van der Waals surface area contributed by atoms with Crippen molar-refractivity contribution in [1.82, 2.24) is 0 Å². The van der Waals surface area contributed by atoms with Crippen molar-refractivity contribution in [2.75, 3.05) is 10.6 Å². The Kier molecular flexibility index (Phi) is 5.55. The molecule has 0 aliphatic rings. The number of benzene rings is 2. The molecule has 0 bridgehead atoms.